The van der Waals surface area contributed by atoms with Gasteiger partial charge in [0.25, 0.3) is 0 Å². The second kappa shape index (κ2) is 5.92. The standard InChI is InChI=1S/C15H20N4O3/c1-15(9-16,10-4-5-10)18-12(20)6-7-13-17-14(19-22-13)11-3-2-8-21-11/h2-3,8,10H,4-7,9,16H2,1H3,(H,18,20). The predicted molar refractivity (Wildman–Crippen MR) is 78.6 cm³/mol. The highest BCUT2D eigenvalue weighted by atomic mass is 16.5. The Hall–Kier alpha value is -2.15. The summed E-state index contributed by atoms with van der Waals surface area (Å²) in [4.78, 5) is 16.3. The Balaban J connectivity index is 1.53. The Morgan fingerprint density at radius 3 is 3.00 bits per heavy atom. The number of carbonyl (C=O) groups excluding carboxylic acids is 1. The van der Waals surface area contributed by atoms with Gasteiger partial charge in [-0.15, -0.1) is 0 Å². The van der Waals surface area contributed by atoms with Gasteiger partial charge in [-0.3, -0.25) is 4.79 Å². The normalized spacial score (nSPS) is 17.2. The molecule has 1 fully saturated rings. The Kier molecular flexibility index (Phi) is 3.98. The number of nitrogens with zero attached hydrogens (tertiary/aromatic N) is 2. The van der Waals surface area contributed by atoms with Crippen LogP contribution in [-0.2, 0) is 11.2 Å². The molecule has 2 aromatic rings. The van der Waals surface area contributed by atoms with E-state index in [9.17, 15) is 4.79 Å². The molecule has 1 aliphatic rings. The molecule has 1 unspecified atom stereocenters. The highest BCUT2D eigenvalue weighted by Crippen LogP contribution is 2.39. The lowest BCUT2D eigenvalue weighted by molar-refractivity contribution is -0.123. The summed E-state index contributed by atoms with van der Waals surface area (Å²) in [6.07, 6.45) is 4.49. The van der Waals surface area contributed by atoms with Gasteiger partial charge in [0, 0.05) is 19.4 Å². The van der Waals surface area contributed by atoms with E-state index in [2.05, 4.69) is 15.5 Å². The number of carbonyl (C=O) groups is 1. The maximum absolute atomic E-state index is 12.1. The second-order valence-electron chi connectivity index (χ2n) is 5.93. The van der Waals surface area contributed by atoms with Crippen molar-refractivity contribution in [2.45, 2.75) is 38.1 Å². The van der Waals surface area contributed by atoms with Crippen LogP contribution in [0.1, 0.15) is 32.1 Å². The predicted octanol–water partition coefficient (Wildman–Crippen LogP) is 1.51. The number of nitrogens with two attached hydrogens (primary N) is 1. The maximum Gasteiger partial charge on any atom is 0.238 e. The fourth-order valence-electron chi connectivity index (χ4n) is 2.50. The van der Waals surface area contributed by atoms with E-state index in [1.165, 1.54) is 0 Å². The summed E-state index contributed by atoms with van der Waals surface area (Å²) in [6.45, 7) is 2.46. The smallest absolute Gasteiger partial charge is 0.238 e. The van der Waals surface area contributed by atoms with Gasteiger partial charge in [-0.2, -0.15) is 4.98 Å². The minimum Gasteiger partial charge on any atom is -0.461 e. The van der Waals surface area contributed by atoms with Crippen LogP contribution in [0.25, 0.3) is 11.6 Å². The van der Waals surface area contributed by atoms with Crippen molar-refractivity contribution >= 4 is 5.91 Å². The first-order valence-corrected chi connectivity index (χ1v) is 7.48. The molecule has 1 atom stereocenters. The van der Waals surface area contributed by atoms with Gasteiger partial charge in [0.05, 0.1) is 11.8 Å². The van der Waals surface area contributed by atoms with Crippen LogP contribution in [0.2, 0.25) is 0 Å². The van der Waals surface area contributed by atoms with Crippen LogP contribution >= 0.6 is 0 Å². The number of amides is 1. The molecule has 0 spiro atoms. The number of rotatable bonds is 7. The van der Waals surface area contributed by atoms with Crippen LogP contribution < -0.4 is 11.1 Å². The minimum atomic E-state index is -0.300. The van der Waals surface area contributed by atoms with Gasteiger partial charge < -0.3 is 20.0 Å². The quantitative estimate of drug-likeness (QED) is 0.802. The molecule has 0 radical (unpaired) electrons. The summed E-state index contributed by atoms with van der Waals surface area (Å²) in [7, 11) is 0. The Morgan fingerprint density at radius 2 is 2.36 bits per heavy atom. The first-order chi connectivity index (χ1) is 10.6. The molecule has 2 aromatic heterocycles. The highest BCUT2D eigenvalue weighted by molar-refractivity contribution is 5.77. The summed E-state index contributed by atoms with van der Waals surface area (Å²) >= 11 is 0. The van der Waals surface area contributed by atoms with Gasteiger partial charge in [0.2, 0.25) is 17.6 Å². The lowest BCUT2D eigenvalue weighted by Gasteiger charge is -2.29. The molecule has 22 heavy (non-hydrogen) atoms. The van der Waals surface area contributed by atoms with E-state index < -0.39 is 0 Å². The van der Waals surface area contributed by atoms with Crippen molar-refractivity contribution in [2.75, 3.05) is 6.54 Å². The van der Waals surface area contributed by atoms with Crippen molar-refractivity contribution in [3.63, 3.8) is 0 Å². The molecule has 0 bridgehead atoms. The zero-order chi connectivity index (χ0) is 15.6. The third-order valence-electron chi connectivity index (χ3n) is 4.10. The second-order valence-corrected chi connectivity index (χ2v) is 5.93. The van der Waals surface area contributed by atoms with Crippen molar-refractivity contribution in [3.05, 3.63) is 24.3 Å². The molecule has 3 N–H and O–H groups in total. The van der Waals surface area contributed by atoms with E-state index in [1.54, 1.807) is 18.4 Å². The monoisotopic (exact) mass is 304 g/mol. The van der Waals surface area contributed by atoms with Gasteiger partial charge >= 0.3 is 0 Å². The van der Waals surface area contributed by atoms with Crippen molar-refractivity contribution < 1.29 is 13.7 Å². The molecule has 118 valence electrons. The molecule has 0 saturated heterocycles. The van der Waals surface area contributed by atoms with Crippen molar-refractivity contribution in [2.24, 2.45) is 11.7 Å². The van der Waals surface area contributed by atoms with E-state index in [1.807, 2.05) is 6.92 Å². The van der Waals surface area contributed by atoms with Gasteiger partial charge in [-0.05, 0) is 37.8 Å². The fraction of sp³-hybridized carbons (Fsp3) is 0.533. The maximum atomic E-state index is 12.1. The van der Waals surface area contributed by atoms with E-state index in [-0.39, 0.29) is 11.4 Å². The van der Waals surface area contributed by atoms with E-state index in [0.717, 1.165) is 12.8 Å². The zero-order valence-electron chi connectivity index (χ0n) is 12.5. The molecule has 0 aromatic carbocycles. The van der Waals surface area contributed by atoms with E-state index in [0.29, 0.717) is 42.8 Å². The van der Waals surface area contributed by atoms with Gasteiger partial charge in [0.1, 0.15) is 0 Å². The first kappa shape index (κ1) is 14.8. The van der Waals surface area contributed by atoms with Crippen LogP contribution in [0.5, 0.6) is 0 Å². The molecule has 2 heterocycles. The molecule has 0 aliphatic heterocycles. The molecular formula is C15H20N4O3. The topological polar surface area (TPSA) is 107 Å². The molecule has 1 saturated carbocycles. The lowest BCUT2D eigenvalue weighted by atomic mass is 9.95. The van der Waals surface area contributed by atoms with Crippen molar-refractivity contribution in [1.29, 1.82) is 0 Å². The van der Waals surface area contributed by atoms with E-state index in [4.69, 9.17) is 14.7 Å². The third-order valence-corrected chi connectivity index (χ3v) is 4.10. The molecule has 1 aliphatic carbocycles. The average molecular weight is 304 g/mol. The molecule has 1 amide bonds. The van der Waals surface area contributed by atoms with Crippen molar-refractivity contribution in [1.82, 2.24) is 15.5 Å². The number of hydrogen-bond acceptors (Lipinski definition) is 6. The van der Waals surface area contributed by atoms with Gasteiger partial charge in [-0.1, -0.05) is 5.16 Å². The largest absolute Gasteiger partial charge is 0.461 e. The molecule has 7 nitrogen and oxygen atoms in total. The summed E-state index contributed by atoms with van der Waals surface area (Å²) in [5.74, 6) is 1.81. The summed E-state index contributed by atoms with van der Waals surface area (Å²) in [6, 6.07) is 3.51. The van der Waals surface area contributed by atoms with E-state index >= 15 is 0 Å². The number of furan rings is 1. The van der Waals surface area contributed by atoms with Crippen LogP contribution in [0.3, 0.4) is 0 Å². The number of aryl methyl sites for hydroxylation is 1. The number of nitrogens with one attached hydrogen (secondary N) is 1. The summed E-state index contributed by atoms with van der Waals surface area (Å²) in [5, 5.41) is 6.87. The zero-order valence-corrected chi connectivity index (χ0v) is 12.5. The van der Waals surface area contributed by atoms with Crippen LogP contribution in [0.4, 0.5) is 0 Å². The van der Waals surface area contributed by atoms with Crippen LogP contribution in [-0.4, -0.2) is 28.1 Å². The Labute approximate surface area is 128 Å². The lowest BCUT2D eigenvalue weighted by Crippen LogP contribution is -2.53. The number of hydrogen-bond donors (Lipinski definition) is 2. The minimum absolute atomic E-state index is 0.0439. The fourth-order valence-corrected chi connectivity index (χ4v) is 2.50. The Morgan fingerprint density at radius 1 is 1.55 bits per heavy atom. The van der Waals surface area contributed by atoms with Crippen LogP contribution in [0.15, 0.2) is 27.3 Å². The van der Waals surface area contributed by atoms with Crippen LogP contribution in [0, 0.1) is 5.92 Å². The summed E-state index contributed by atoms with van der Waals surface area (Å²) < 4.78 is 10.3. The first-order valence-electron chi connectivity index (χ1n) is 7.48. The third kappa shape index (κ3) is 3.19. The Bertz CT molecular complexity index is 633. The number of aromatic nitrogens is 2. The molecule has 7 heteroatoms. The average Bonchev–Trinajstić information content (AvgIpc) is 3.04. The van der Waals surface area contributed by atoms with Gasteiger partial charge in [-0.25, -0.2) is 0 Å². The molecule has 3 rings (SSSR count). The SMILES string of the molecule is CC(CN)(NC(=O)CCc1nc(-c2ccco2)no1)C1CC1. The molecular weight excluding hydrogens is 284 g/mol. The summed E-state index contributed by atoms with van der Waals surface area (Å²) in [5.41, 5.74) is 5.49. The van der Waals surface area contributed by atoms with Crippen molar-refractivity contribution in [3.8, 4) is 11.6 Å². The highest BCUT2D eigenvalue weighted by Gasteiger charge is 2.41. The van der Waals surface area contributed by atoms with Gasteiger partial charge in [0.15, 0.2) is 5.76 Å².